The monoisotopic (exact) mass is 280 g/mol. The standard InChI is InChI=1S/C12H16N4O4/c1-6(11(18)16-12(19)15-2)20-9-4-3-7(13)5-8(9)10(14)17/h3-6H,13H2,1-2H3,(H2,14,17)(H2,15,16,18,19). The zero-order chi connectivity index (χ0) is 15.3. The highest BCUT2D eigenvalue weighted by molar-refractivity contribution is 5.98. The Kier molecular flexibility index (Phi) is 4.90. The fourth-order valence-corrected chi connectivity index (χ4v) is 1.36. The molecule has 8 nitrogen and oxygen atoms in total. The van der Waals surface area contributed by atoms with E-state index in [0.717, 1.165) is 0 Å². The average Bonchev–Trinajstić information content (AvgIpc) is 2.40. The van der Waals surface area contributed by atoms with E-state index in [4.69, 9.17) is 16.2 Å². The highest BCUT2D eigenvalue weighted by Crippen LogP contribution is 2.22. The van der Waals surface area contributed by atoms with Crippen LogP contribution in [0.2, 0.25) is 0 Å². The molecule has 0 fully saturated rings. The number of urea groups is 1. The minimum atomic E-state index is -0.992. The Morgan fingerprint density at radius 2 is 1.95 bits per heavy atom. The second kappa shape index (κ2) is 6.41. The van der Waals surface area contributed by atoms with Crippen LogP contribution < -0.4 is 26.8 Å². The van der Waals surface area contributed by atoms with E-state index >= 15 is 0 Å². The highest BCUT2D eigenvalue weighted by Gasteiger charge is 2.19. The number of imide groups is 1. The predicted molar refractivity (Wildman–Crippen MR) is 72.1 cm³/mol. The van der Waals surface area contributed by atoms with Gasteiger partial charge in [0.1, 0.15) is 5.75 Å². The van der Waals surface area contributed by atoms with Crippen molar-refractivity contribution in [1.82, 2.24) is 10.6 Å². The number of amides is 4. The molecule has 0 aliphatic rings. The van der Waals surface area contributed by atoms with Gasteiger partial charge in [-0.05, 0) is 25.1 Å². The van der Waals surface area contributed by atoms with Crippen LogP contribution in [0.1, 0.15) is 17.3 Å². The third-order valence-corrected chi connectivity index (χ3v) is 2.41. The summed E-state index contributed by atoms with van der Waals surface area (Å²) in [6.45, 7) is 1.43. The van der Waals surface area contributed by atoms with Gasteiger partial charge < -0.3 is 21.5 Å². The molecule has 1 aromatic carbocycles. The van der Waals surface area contributed by atoms with Crippen LogP contribution in [-0.4, -0.2) is 31.0 Å². The number of nitrogen functional groups attached to an aromatic ring is 1. The van der Waals surface area contributed by atoms with Crippen LogP contribution in [0.3, 0.4) is 0 Å². The molecule has 8 heteroatoms. The average molecular weight is 280 g/mol. The number of hydrogen-bond donors (Lipinski definition) is 4. The lowest BCUT2D eigenvalue weighted by Crippen LogP contribution is -2.44. The van der Waals surface area contributed by atoms with E-state index in [1.54, 1.807) is 0 Å². The number of primary amides is 1. The first-order valence-corrected chi connectivity index (χ1v) is 5.73. The summed E-state index contributed by atoms with van der Waals surface area (Å²) >= 11 is 0. The van der Waals surface area contributed by atoms with Gasteiger partial charge in [-0.1, -0.05) is 0 Å². The molecule has 0 saturated heterocycles. The Morgan fingerprint density at radius 3 is 2.50 bits per heavy atom. The van der Waals surface area contributed by atoms with Crippen molar-refractivity contribution in [3.8, 4) is 5.75 Å². The molecule has 1 unspecified atom stereocenters. The van der Waals surface area contributed by atoms with Crippen molar-refractivity contribution in [3.05, 3.63) is 23.8 Å². The largest absolute Gasteiger partial charge is 0.480 e. The van der Waals surface area contributed by atoms with Crippen molar-refractivity contribution in [2.75, 3.05) is 12.8 Å². The Balaban J connectivity index is 2.85. The summed E-state index contributed by atoms with van der Waals surface area (Å²) in [6, 6.07) is 3.63. The molecule has 0 aliphatic carbocycles. The number of anilines is 1. The normalized spacial score (nSPS) is 11.3. The van der Waals surface area contributed by atoms with E-state index < -0.39 is 23.9 Å². The molecule has 4 amide bonds. The van der Waals surface area contributed by atoms with Gasteiger partial charge in [0.25, 0.3) is 11.8 Å². The zero-order valence-electron chi connectivity index (χ0n) is 11.1. The summed E-state index contributed by atoms with van der Waals surface area (Å²) in [7, 11) is 1.37. The van der Waals surface area contributed by atoms with E-state index in [1.807, 2.05) is 0 Å². The van der Waals surface area contributed by atoms with Crippen molar-refractivity contribution < 1.29 is 19.1 Å². The smallest absolute Gasteiger partial charge is 0.321 e. The van der Waals surface area contributed by atoms with Crippen molar-refractivity contribution in [2.24, 2.45) is 5.73 Å². The molecule has 6 N–H and O–H groups in total. The molecule has 0 bridgehead atoms. The van der Waals surface area contributed by atoms with Crippen molar-refractivity contribution >= 4 is 23.5 Å². The maximum Gasteiger partial charge on any atom is 0.321 e. The van der Waals surface area contributed by atoms with Crippen molar-refractivity contribution in [1.29, 1.82) is 0 Å². The number of nitrogens with two attached hydrogens (primary N) is 2. The number of carbonyl (C=O) groups is 3. The van der Waals surface area contributed by atoms with E-state index in [-0.39, 0.29) is 11.3 Å². The first-order chi connectivity index (χ1) is 9.35. The van der Waals surface area contributed by atoms with Crippen LogP contribution in [0.5, 0.6) is 5.75 Å². The van der Waals surface area contributed by atoms with Gasteiger partial charge in [-0.3, -0.25) is 14.9 Å². The summed E-state index contributed by atoms with van der Waals surface area (Å²) in [5, 5.41) is 4.29. The van der Waals surface area contributed by atoms with Gasteiger partial charge >= 0.3 is 6.03 Å². The summed E-state index contributed by atoms with van der Waals surface area (Å²) in [6.07, 6.45) is -0.992. The lowest BCUT2D eigenvalue weighted by molar-refractivity contribution is -0.126. The topological polar surface area (TPSA) is 137 Å². The number of rotatable bonds is 4. The second-order valence-electron chi connectivity index (χ2n) is 3.95. The van der Waals surface area contributed by atoms with Crippen LogP contribution in [0.25, 0.3) is 0 Å². The number of nitrogens with one attached hydrogen (secondary N) is 2. The van der Waals surface area contributed by atoms with Crippen molar-refractivity contribution in [3.63, 3.8) is 0 Å². The first kappa shape index (κ1) is 15.3. The maximum atomic E-state index is 11.6. The minimum absolute atomic E-state index is 0.0598. The molecule has 1 rings (SSSR count). The molecule has 0 spiro atoms. The molecule has 0 aromatic heterocycles. The van der Waals surface area contributed by atoms with Gasteiger partial charge in [-0.15, -0.1) is 0 Å². The second-order valence-corrected chi connectivity index (χ2v) is 3.95. The zero-order valence-corrected chi connectivity index (χ0v) is 11.1. The van der Waals surface area contributed by atoms with Crippen molar-refractivity contribution in [2.45, 2.75) is 13.0 Å². The third kappa shape index (κ3) is 3.87. The SMILES string of the molecule is CNC(=O)NC(=O)C(C)Oc1ccc(N)cc1C(N)=O. The number of hydrogen-bond acceptors (Lipinski definition) is 5. The fourth-order valence-electron chi connectivity index (χ4n) is 1.36. The minimum Gasteiger partial charge on any atom is -0.480 e. The van der Waals surface area contributed by atoms with E-state index in [1.165, 1.54) is 32.2 Å². The summed E-state index contributed by atoms with van der Waals surface area (Å²) in [5.41, 5.74) is 11.1. The Morgan fingerprint density at radius 1 is 1.30 bits per heavy atom. The van der Waals surface area contributed by atoms with Gasteiger partial charge in [0.05, 0.1) is 5.56 Å². The fraction of sp³-hybridized carbons (Fsp3) is 0.250. The Hall–Kier alpha value is -2.77. The molecule has 0 radical (unpaired) electrons. The molecule has 108 valence electrons. The lowest BCUT2D eigenvalue weighted by Gasteiger charge is -2.16. The molecule has 1 aromatic rings. The predicted octanol–water partition coefficient (Wildman–Crippen LogP) is -0.409. The number of carbonyl (C=O) groups excluding carboxylic acids is 3. The molecular formula is C12H16N4O4. The van der Waals surface area contributed by atoms with Crippen LogP contribution in [0, 0.1) is 0 Å². The van der Waals surface area contributed by atoms with Gasteiger partial charge in [0.2, 0.25) is 0 Å². The van der Waals surface area contributed by atoms with E-state index in [2.05, 4.69) is 10.6 Å². The maximum absolute atomic E-state index is 11.6. The first-order valence-electron chi connectivity index (χ1n) is 5.73. The van der Waals surface area contributed by atoms with E-state index in [0.29, 0.717) is 5.69 Å². The van der Waals surface area contributed by atoms with Gasteiger partial charge in [-0.2, -0.15) is 0 Å². The quantitative estimate of drug-likeness (QED) is 0.556. The molecule has 0 aliphatic heterocycles. The molecular weight excluding hydrogens is 264 g/mol. The van der Waals surface area contributed by atoms with Crippen LogP contribution in [-0.2, 0) is 4.79 Å². The molecule has 0 heterocycles. The summed E-state index contributed by atoms with van der Waals surface area (Å²) in [4.78, 5) is 33.9. The molecule has 20 heavy (non-hydrogen) atoms. The summed E-state index contributed by atoms with van der Waals surface area (Å²) < 4.78 is 5.32. The lowest BCUT2D eigenvalue weighted by atomic mass is 10.1. The third-order valence-electron chi connectivity index (χ3n) is 2.41. The van der Waals surface area contributed by atoms with Gasteiger partial charge in [-0.25, -0.2) is 4.79 Å². The van der Waals surface area contributed by atoms with Crippen LogP contribution in [0.15, 0.2) is 18.2 Å². The van der Waals surface area contributed by atoms with Crippen LogP contribution in [0.4, 0.5) is 10.5 Å². The Bertz CT molecular complexity index is 544. The molecule has 1 atom stereocenters. The highest BCUT2D eigenvalue weighted by atomic mass is 16.5. The summed E-state index contributed by atoms with van der Waals surface area (Å²) in [5.74, 6) is -1.27. The Labute approximate surface area is 115 Å². The van der Waals surface area contributed by atoms with Crippen LogP contribution >= 0.6 is 0 Å². The molecule has 0 saturated carbocycles. The number of benzene rings is 1. The van der Waals surface area contributed by atoms with Gasteiger partial charge in [0, 0.05) is 12.7 Å². The van der Waals surface area contributed by atoms with E-state index in [9.17, 15) is 14.4 Å². The van der Waals surface area contributed by atoms with Gasteiger partial charge in [0.15, 0.2) is 6.10 Å². The number of ether oxygens (including phenoxy) is 1.